The number of methoxy groups -OCH3 is 1. The van der Waals surface area contributed by atoms with Crippen LogP contribution in [0.5, 0.6) is 17.2 Å². The van der Waals surface area contributed by atoms with Crippen LogP contribution in [0, 0.1) is 13.8 Å². The molecule has 8 nitrogen and oxygen atoms in total. The van der Waals surface area contributed by atoms with Gasteiger partial charge in [0.25, 0.3) is 0 Å². The summed E-state index contributed by atoms with van der Waals surface area (Å²) < 4.78 is 18.6. The van der Waals surface area contributed by atoms with Gasteiger partial charge in [-0.15, -0.1) is 0 Å². The number of carbonyl (C=O) groups excluding carboxylic acids is 1. The molecular weight excluding hydrogens is 434 g/mol. The van der Waals surface area contributed by atoms with E-state index in [-0.39, 0.29) is 18.1 Å². The summed E-state index contributed by atoms with van der Waals surface area (Å²) >= 11 is 0. The second-order valence-electron chi connectivity index (χ2n) is 7.60. The number of amides is 1. The lowest BCUT2D eigenvalue weighted by Crippen LogP contribution is -2.16. The van der Waals surface area contributed by atoms with Crippen molar-refractivity contribution in [2.75, 3.05) is 7.11 Å². The van der Waals surface area contributed by atoms with Gasteiger partial charge >= 0.3 is 5.91 Å². The van der Waals surface area contributed by atoms with Gasteiger partial charge in [0.2, 0.25) is 0 Å². The highest BCUT2D eigenvalue weighted by Gasteiger charge is 2.12. The van der Waals surface area contributed by atoms with Gasteiger partial charge in [0.05, 0.1) is 13.3 Å². The molecule has 0 bridgehead atoms. The molecule has 2 aromatic heterocycles. The molecule has 0 fully saturated rings. The molecule has 0 aliphatic carbocycles. The van der Waals surface area contributed by atoms with Crippen LogP contribution in [0.2, 0.25) is 0 Å². The Hall–Kier alpha value is -4.46. The van der Waals surface area contributed by atoms with E-state index in [4.69, 9.17) is 13.9 Å². The zero-order valence-corrected chi connectivity index (χ0v) is 19.1. The van der Waals surface area contributed by atoms with Gasteiger partial charge in [0, 0.05) is 22.6 Å². The lowest BCUT2D eigenvalue weighted by atomic mass is 10.2. The Kier molecular flexibility index (Phi) is 6.68. The van der Waals surface area contributed by atoms with E-state index in [2.05, 4.69) is 41.1 Å². The summed E-state index contributed by atoms with van der Waals surface area (Å²) in [6, 6.07) is 20.1. The average molecular weight is 460 g/mol. The lowest BCUT2D eigenvalue weighted by molar-refractivity contribution is 0.0923. The SMILES string of the molecule is COc1cccc(C=NNC(=O)c2ccc(COc3ccc(-n4c(C)ccc4C)cc3)o2)c1O. The third-order valence-electron chi connectivity index (χ3n) is 5.25. The van der Waals surface area contributed by atoms with E-state index in [1.165, 1.54) is 13.3 Å². The highest BCUT2D eigenvalue weighted by Crippen LogP contribution is 2.28. The molecule has 0 saturated carbocycles. The molecule has 4 aromatic rings. The maximum absolute atomic E-state index is 12.3. The number of nitrogens with zero attached hydrogens (tertiary/aromatic N) is 2. The average Bonchev–Trinajstić information content (AvgIpc) is 3.45. The zero-order valence-electron chi connectivity index (χ0n) is 19.1. The van der Waals surface area contributed by atoms with E-state index < -0.39 is 5.91 Å². The Morgan fingerprint density at radius 3 is 2.50 bits per heavy atom. The molecule has 4 rings (SSSR count). The molecule has 2 N–H and O–H groups in total. The van der Waals surface area contributed by atoms with E-state index in [0.29, 0.717) is 22.8 Å². The number of nitrogens with one attached hydrogen (secondary N) is 1. The number of phenolic OH excluding ortho intramolecular Hbond substituents is 1. The summed E-state index contributed by atoms with van der Waals surface area (Å²) in [6.45, 7) is 4.31. The van der Waals surface area contributed by atoms with Crippen LogP contribution in [0.25, 0.3) is 5.69 Å². The summed E-state index contributed by atoms with van der Waals surface area (Å²) in [5.41, 5.74) is 6.16. The Morgan fingerprint density at radius 1 is 1.06 bits per heavy atom. The van der Waals surface area contributed by atoms with Crippen molar-refractivity contribution in [3.63, 3.8) is 0 Å². The van der Waals surface area contributed by atoms with Gasteiger partial charge in [-0.1, -0.05) is 6.07 Å². The van der Waals surface area contributed by atoms with Gasteiger partial charge < -0.3 is 23.6 Å². The molecule has 0 saturated heterocycles. The van der Waals surface area contributed by atoms with Crippen molar-refractivity contribution in [3.8, 4) is 22.9 Å². The largest absolute Gasteiger partial charge is 0.504 e. The van der Waals surface area contributed by atoms with Gasteiger partial charge in [-0.25, -0.2) is 5.43 Å². The quantitative estimate of drug-likeness (QED) is 0.293. The monoisotopic (exact) mass is 459 g/mol. The number of para-hydroxylation sites is 1. The summed E-state index contributed by atoms with van der Waals surface area (Å²) in [4.78, 5) is 12.3. The second-order valence-corrected chi connectivity index (χ2v) is 7.60. The van der Waals surface area contributed by atoms with Crippen LogP contribution in [-0.4, -0.2) is 28.9 Å². The fourth-order valence-electron chi connectivity index (χ4n) is 3.52. The van der Waals surface area contributed by atoms with Gasteiger partial charge in [-0.05, 0) is 74.5 Å². The Bertz CT molecular complexity index is 1300. The van der Waals surface area contributed by atoms with Crippen molar-refractivity contribution in [2.45, 2.75) is 20.5 Å². The smallest absolute Gasteiger partial charge is 0.307 e. The van der Waals surface area contributed by atoms with Crippen LogP contribution in [-0.2, 0) is 6.61 Å². The number of carbonyl (C=O) groups is 1. The molecule has 0 atom stereocenters. The first kappa shape index (κ1) is 22.7. The lowest BCUT2D eigenvalue weighted by Gasteiger charge is -2.10. The molecule has 2 heterocycles. The Balaban J connectivity index is 1.32. The highest BCUT2D eigenvalue weighted by molar-refractivity contribution is 5.93. The Labute approximate surface area is 197 Å². The summed E-state index contributed by atoms with van der Waals surface area (Å²) in [5, 5.41) is 13.9. The predicted molar refractivity (Wildman–Crippen MR) is 128 cm³/mol. The third kappa shape index (κ3) is 4.96. The number of aromatic hydroxyl groups is 1. The van der Waals surface area contributed by atoms with Crippen molar-refractivity contribution < 1.29 is 23.8 Å². The molecule has 34 heavy (non-hydrogen) atoms. The third-order valence-corrected chi connectivity index (χ3v) is 5.25. The number of aryl methyl sites for hydroxylation is 2. The molecule has 0 unspecified atom stereocenters. The minimum atomic E-state index is -0.522. The number of hydrazone groups is 1. The van der Waals surface area contributed by atoms with E-state index in [1.54, 1.807) is 30.3 Å². The standard InChI is InChI=1S/C26H25N3O5/c1-17-7-8-18(2)29(17)20-9-11-21(12-10-20)33-16-22-13-14-24(34-22)26(31)28-27-15-19-5-4-6-23(32-3)25(19)30/h4-15,30H,16H2,1-3H3,(H,28,31). The molecule has 2 aromatic carbocycles. The predicted octanol–water partition coefficient (Wildman–Crippen LogP) is 4.74. The number of benzene rings is 2. The highest BCUT2D eigenvalue weighted by atomic mass is 16.5. The maximum Gasteiger partial charge on any atom is 0.307 e. The van der Waals surface area contributed by atoms with Gasteiger partial charge in [-0.2, -0.15) is 5.10 Å². The van der Waals surface area contributed by atoms with Gasteiger partial charge in [0.15, 0.2) is 17.3 Å². The zero-order chi connectivity index (χ0) is 24.1. The van der Waals surface area contributed by atoms with Crippen molar-refractivity contribution in [3.05, 3.63) is 95.2 Å². The number of phenols is 1. The second kappa shape index (κ2) is 9.99. The van der Waals surface area contributed by atoms with Crippen LogP contribution >= 0.6 is 0 Å². The van der Waals surface area contributed by atoms with E-state index in [1.807, 2.05) is 24.3 Å². The first-order valence-corrected chi connectivity index (χ1v) is 10.6. The molecule has 0 radical (unpaired) electrons. The maximum atomic E-state index is 12.3. The van der Waals surface area contributed by atoms with Crippen molar-refractivity contribution in [1.82, 2.24) is 9.99 Å². The minimum absolute atomic E-state index is 0.0629. The molecular formula is C26H25N3O5. The number of aromatic nitrogens is 1. The van der Waals surface area contributed by atoms with E-state index in [9.17, 15) is 9.90 Å². The topological polar surface area (TPSA) is 98.2 Å². The van der Waals surface area contributed by atoms with Crippen LogP contribution < -0.4 is 14.9 Å². The van der Waals surface area contributed by atoms with Crippen LogP contribution in [0.4, 0.5) is 0 Å². The van der Waals surface area contributed by atoms with Crippen LogP contribution in [0.15, 0.2) is 76.2 Å². The van der Waals surface area contributed by atoms with Gasteiger partial charge in [-0.3, -0.25) is 4.79 Å². The first-order chi connectivity index (χ1) is 16.5. The first-order valence-electron chi connectivity index (χ1n) is 10.6. The molecule has 0 spiro atoms. The minimum Gasteiger partial charge on any atom is -0.504 e. The fraction of sp³-hybridized carbons (Fsp3) is 0.154. The number of rotatable bonds is 8. The van der Waals surface area contributed by atoms with Crippen LogP contribution in [0.1, 0.15) is 33.3 Å². The fourth-order valence-corrected chi connectivity index (χ4v) is 3.52. The van der Waals surface area contributed by atoms with E-state index >= 15 is 0 Å². The Morgan fingerprint density at radius 2 is 1.79 bits per heavy atom. The number of ether oxygens (including phenoxy) is 2. The molecule has 0 aliphatic rings. The number of hydrogen-bond acceptors (Lipinski definition) is 6. The van der Waals surface area contributed by atoms with Crippen molar-refractivity contribution >= 4 is 12.1 Å². The summed E-state index contributed by atoms with van der Waals surface area (Å²) in [6.07, 6.45) is 1.32. The van der Waals surface area contributed by atoms with E-state index in [0.717, 1.165) is 17.1 Å². The normalized spacial score (nSPS) is 11.0. The molecule has 174 valence electrons. The van der Waals surface area contributed by atoms with Crippen LogP contribution in [0.3, 0.4) is 0 Å². The summed E-state index contributed by atoms with van der Waals surface area (Å²) in [7, 11) is 1.45. The number of furan rings is 1. The molecule has 1 amide bonds. The molecule has 8 heteroatoms. The summed E-state index contributed by atoms with van der Waals surface area (Å²) in [5.74, 6) is 1.02. The molecule has 0 aliphatic heterocycles. The number of hydrogen-bond donors (Lipinski definition) is 2. The van der Waals surface area contributed by atoms with Crippen molar-refractivity contribution in [1.29, 1.82) is 0 Å². The van der Waals surface area contributed by atoms with Crippen molar-refractivity contribution in [2.24, 2.45) is 5.10 Å². The van der Waals surface area contributed by atoms with Gasteiger partial charge in [0.1, 0.15) is 18.1 Å².